The number of carbonyl (C=O) groups excluding carboxylic acids is 1. The minimum atomic E-state index is 0.0477. The summed E-state index contributed by atoms with van der Waals surface area (Å²) in [7, 11) is 0. The Morgan fingerprint density at radius 3 is 2.71 bits per heavy atom. The van der Waals surface area contributed by atoms with E-state index >= 15 is 0 Å². The van der Waals surface area contributed by atoms with Crippen LogP contribution in [0.5, 0.6) is 0 Å². The van der Waals surface area contributed by atoms with Gasteiger partial charge in [0.05, 0.1) is 35.9 Å². The summed E-state index contributed by atoms with van der Waals surface area (Å²) >= 11 is 1.85. The Morgan fingerprint density at radius 1 is 1.36 bits per heavy atom. The predicted molar refractivity (Wildman–Crippen MR) is 64.2 cm³/mol. The Kier molecular flexibility index (Phi) is 6.51. The number of hydrogen-bond donors (Lipinski definition) is 1. The first-order chi connectivity index (χ1) is 6.83. The van der Waals surface area contributed by atoms with Gasteiger partial charge in [-0.15, -0.1) is 0 Å². The SMILES string of the molecule is O=C(CCOCCC1CCCC1)NI. The highest BCUT2D eigenvalue weighted by molar-refractivity contribution is 14.1. The highest BCUT2D eigenvalue weighted by Crippen LogP contribution is 2.27. The molecule has 1 N–H and O–H groups in total. The summed E-state index contributed by atoms with van der Waals surface area (Å²) in [4.78, 5) is 10.8. The molecule has 82 valence electrons. The van der Waals surface area contributed by atoms with Crippen LogP contribution in [0.25, 0.3) is 0 Å². The van der Waals surface area contributed by atoms with E-state index in [-0.39, 0.29) is 5.91 Å². The summed E-state index contributed by atoms with van der Waals surface area (Å²) < 4.78 is 7.95. The van der Waals surface area contributed by atoms with E-state index in [9.17, 15) is 4.79 Å². The predicted octanol–water partition coefficient (Wildman–Crippen LogP) is 2.44. The van der Waals surface area contributed by atoms with Crippen LogP contribution in [-0.2, 0) is 9.53 Å². The van der Waals surface area contributed by atoms with Crippen molar-refractivity contribution in [2.75, 3.05) is 13.2 Å². The molecular formula is C10H18INO2. The van der Waals surface area contributed by atoms with Crippen molar-refractivity contribution >= 4 is 28.8 Å². The Hall–Kier alpha value is 0.160. The first-order valence-corrected chi connectivity index (χ1v) is 6.38. The van der Waals surface area contributed by atoms with Gasteiger partial charge in [-0.25, -0.2) is 0 Å². The lowest BCUT2D eigenvalue weighted by Crippen LogP contribution is -2.14. The summed E-state index contributed by atoms with van der Waals surface area (Å²) in [6, 6.07) is 0. The third-order valence-electron chi connectivity index (χ3n) is 2.72. The fourth-order valence-electron chi connectivity index (χ4n) is 1.86. The van der Waals surface area contributed by atoms with Crippen LogP contribution in [-0.4, -0.2) is 19.1 Å². The third-order valence-corrected chi connectivity index (χ3v) is 3.33. The molecule has 1 aliphatic rings. The molecule has 0 spiro atoms. The molecule has 3 nitrogen and oxygen atoms in total. The Balaban J connectivity index is 1.86. The quantitative estimate of drug-likeness (QED) is 0.465. The number of amides is 1. The average molecular weight is 311 g/mol. The summed E-state index contributed by atoms with van der Waals surface area (Å²) in [5, 5.41) is 0. The maximum Gasteiger partial charge on any atom is 0.230 e. The zero-order chi connectivity index (χ0) is 10.2. The van der Waals surface area contributed by atoms with Gasteiger partial charge in [0, 0.05) is 6.61 Å². The molecule has 0 saturated heterocycles. The Bertz CT molecular complexity index is 170. The minimum absolute atomic E-state index is 0.0477. The molecule has 0 unspecified atom stereocenters. The van der Waals surface area contributed by atoms with Crippen LogP contribution in [0.2, 0.25) is 0 Å². The number of rotatable bonds is 6. The lowest BCUT2D eigenvalue weighted by molar-refractivity contribution is -0.119. The van der Waals surface area contributed by atoms with Gasteiger partial charge in [-0.2, -0.15) is 0 Å². The van der Waals surface area contributed by atoms with Gasteiger partial charge in [-0.3, -0.25) is 8.32 Å². The van der Waals surface area contributed by atoms with Crippen LogP contribution in [0.3, 0.4) is 0 Å². The van der Waals surface area contributed by atoms with Crippen molar-refractivity contribution in [3.63, 3.8) is 0 Å². The maximum absolute atomic E-state index is 10.8. The van der Waals surface area contributed by atoms with Gasteiger partial charge in [-0.05, 0) is 12.3 Å². The van der Waals surface area contributed by atoms with E-state index in [4.69, 9.17) is 4.74 Å². The van der Waals surface area contributed by atoms with Crippen molar-refractivity contribution in [3.8, 4) is 0 Å². The van der Waals surface area contributed by atoms with E-state index < -0.39 is 0 Å². The second kappa shape index (κ2) is 7.45. The van der Waals surface area contributed by atoms with Crippen molar-refractivity contribution in [2.24, 2.45) is 5.92 Å². The van der Waals surface area contributed by atoms with Crippen LogP contribution >= 0.6 is 22.9 Å². The van der Waals surface area contributed by atoms with E-state index in [1.807, 2.05) is 22.9 Å². The van der Waals surface area contributed by atoms with Crippen molar-refractivity contribution < 1.29 is 9.53 Å². The lowest BCUT2D eigenvalue weighted by Gasteiger charge is -2.08. The molecule has 1 saturated carbocycles. The van der Waals surface area contributed by atoms with Crippen molar-refractivity contribution in [3.05, 3.63) is 0 Å². The maximum atomic E-state index is 10.8. The van der Waals surface area contributed by atoms with Crippen LogP contribution in [0.1, 0.15) is 38.5 Å². The molecule has 0 atom stereocenters. The number of halogens is 1. The number of carbonyl (C=O) groups is 1. The first kappa shape index (κ1) is 12.2. The molecule has 4 heteroatoms. The van der Waals surface area contributed by atoms with Gasteiger partial charge < -0.3 is 4.74 Å². The van der Waals surface area contributed by atoms with Gasteiger partial charge in [0.25, 0.3) is 0 Å². The average Bonchev–Trinajstić information content (AvgIpc) is 2.69. The summed E-state index contributed by atoms with van der Waals surface area (Å²) in [6.45, 7) is 1.38. The normalized spacial score (nSPS) is 17.2. The second-order valence-corrected chi connectivity index (χ2v) is 4.36. The van der Waals surface area contributed by atoms with Gasteiger partial charge >= 0.3 is 0 Å². The van der Waals surface area contributed by atoms with E-state index in [2.05, 4.69) is 3.53 Å². The van der Waals surface area contributed by atoms with E-state index in [1.54, 1.807) is 0 Å². The standard InChI is InChI=1S/C10H18INO2/c11-12-10(13)6-8-14-7-5-9-3-1-2-4-9/h9H,1-8H2,(H,12,13). The number of hydrogen-bond acceptors (Lipinski definition) is 2. The zero-order valence-electron chi connectivity index (χ0n) is 8.43. The largest absolute Gasteiger partial charge is 0.381 e. The molecule has 0 aromatic heterocycles. The molecule has 1 aliphatic carbocycles. The summed E-state index contributed by atoms with van der Waals surface area (Å²) in [5.74, 6) is 0.930. The van der Waals surface area contributed by atoms with Gasteiger partial charge in [-0.1, -0.05) is 25.7 Å². The summed E-state index contributed by atoms with van der Waals surface area (Å²) in [6.07, 6.45) is 7.18. The minimum Gasteiger partial charge on any atom is -0.381 e. The molecule has 0 heterocycles. The smallest absolute Gasteiger partial charge is 0.230 e. The molecule has 0 radical (unpaired) electrons. The van der Waals surface area contributed by atoms with Crippen molar-refractivity contribution in [1.82, 2.24) is 3.53 Å². The van der Waals surface area contributed by atoms with Crippen LogP contribution in [0.15, 0.2) is 0 Å². The van der Waals surface area contributed by atoms with Crippen LogP contribution in [0.4, 0.5) is 0 Å². The molecule has 14 heavy (non-hydrogen) atoms. The highest BCUT2D eigenvalue weighted by atomic mass is 127. The van der Waals surface area contributed by atoms with Crippen molar-refractivity contribution in [1.29, 1.82) is 0 Å². The molecule has 0 aliphatic heterocycles. The van der Waals surface area contributed by atoms with Crippen LogP contribution in [0, 0.1) is 5.92 Å². The molecule has 0 bridgehead atoms. The monoisotopic (exact) mass is 311 g/mol. The van der Waals surface area contributed by atoms with Gasteiger partial charge in [0.15, 0.2) is 0 Å². The number of nitrogens with one attached hydrogen (secondary N) is 1. The number of ether oxygens (including phenoxy) is 1. The second-order valence-electron chi connectivity index (χ2n) is 3.82. The topological polar surface area (TPSA) is 38.3 Å². The highest BCUT2D eigenvalue weighted by Gasteiger charge is 2.14. The Morgan fingerprint density at radius 2 is 2.07 bits per heavy atom. The van der Waals surface area contributed by atoms with Gasteiger partial charge in [0.2, 0.25) is 5.91 Å². The summed E-state index contributed by atoms with van der Waals surface area (Å²) in [5.41, 5.74) is 0. The lowest BCUT2D eigenvalue weighted by atomic mass is 10.1. The van der Waals surface area contributed by atoms with E-state index in [0.29, 0.717) is 13.0 Å². The van der Waals surface area contributed by atoms with E-state index in [1.165, 1.54) is 32.1 Å². The molecule has 1 rings (SSSR count). The van der Waals surface area contributed by atoms with Crippen LogP contribution < -0.4 is 3.53 Å². The molecular weight excluding hydrogens is 293 g/mol. The molecule has 1 fully saturated rings. The third kappa shape index (κ3) is 5.14. The fourth-order valence-corrected chi connectivity index (χ4v) is 2.13. The fraction of sp³-hybridized carbons (Fsp3) is 0.900. The van der Waals surface area contributed by atoms with E-state index in [0.717, 1.165) is 12.5 Å². The molecule has 0 aromatic carbocycles. The molecule has 1 amide bonds. The molecule has 0 aromatic rings. The Labute approximate surface area is 99.5 Å². The van der Waals surface area contributed by atoms with Gasteiger partial charge in [0.1, 0.15) is 0 Å². The zero-order valence-corrected chi connectivity index (χ0v) is 10.6. The van der Waals surface area contributed by atoms with Crippen molar-refractivity contribution in [2.45, 2.75) is 38.5 Å². The first-order valence-electron chi connectivity index (χ1n) is 5.30.